The third-order valence-electron chi connectivity index (χ3n) is 2.69. The zero-order chi connectivity index (χ0) is 13.1. The number of nitrogens with two attached hydrogens (primary N) is 1. The molecule has 0 bridgehead atoms. The lowest BCUT2D eigenvalue weighted by molar-refractivity contribution is 1.04. The molecule has 0 saturated carbocycles. The molecule has 3 N–H and O–H groups in total. The molecular formula is C13H15N5. The van der Waals surface area contributed by atoms with Crippen molar-refractivity contribution in [3.05, 3.63) is 47.9 Å². The molecule has 0 aliphatic carbocycles. The first kappa shape index (κ1) is 12.0. The molecule has 0 aliphatic rings. The van der Waals surface area contributed by atoms with Crippen LogP contribution in [0.2, 0.25) is 0 Å². The van der Waals surface area contributed by atoms with Crippen LogP contribution in [0.4, 0.5) is 11.5 Å². The Kier molecular flexibility index (Phi) is 3.23. The van der Waals surface area contributed by atoms with Gasteiger partial charge in [-0.1, -0.05) is 12.1 Å². The number of aryl methyl sites for hydroxylation is 1. The van der Waals surface area contributed by atoms with E-state index in [0.717, 1.165) is 17.2 Å². The van der Waals surface area contributed by atoms with E-state index in [9.17, 15) is 0 Å². The molecule has 0 fully saturated rings. The Morgan fingerprint density at radius 1 is 1.28 bits per heavy atom. The fraction of sp³-hybridized carbons (Fsp3) is 0.154. The largest absolute Gasteiger partial charge is 0.384 e. The monoisotopic (exact) mass is 241 g/mol. The molecule has 5 nitrogen and oxygen atoms in total. The van der Waals surface area contributed by atoms with Gasteiger partial charge in [0.05, 0.1) is 5.69 Å². The number of hydrogen-bond acceptors (Lipinski definition) is 4. The molecule has 0 amide bonds. The minimum absolute atomic E-state index is 0.0447. The molecule has 0 aliphatic heterocycles. The Morgan fingerprint density at radius 3 is 2.67 bits per heavy atom. The number of benzene rings is 1. The lowest BCUT2D eigenvalue weighted by Crippen LogP contribution is -2.19. The van der Waals surface area contributed by atoms with Gasteiger partial charge in [-0.15, -0.1) is 0 Å². The highest BCUT2D eigenvalue weighted by Crippen LogP contribution is 2.25. The van der Waals surface area contributed by atoms with E-state index in [0.29, 0.717) is 5.56 Å². The molecule has 0 saturated heterocycles. The number of para-hydroxylation sites is 1. The van der Waals surface area contributed by atoms with E-state index in [-0.39, 0.29) is 5.84 Å². The predicted octanol–water partition coefficient (Wildman–Crippen LogP) is 1.84. The van der Waals surface area contributed by atoms with Crippen molar-refractivity contribution in [2.75, 3.05) is 11.9 Å². The Morgan fingerprint density at radius 2 is 2.00 bits per heavy atom. The quantitative estimate of drug-likeness (QED) is 0.634. The van der Waals surface area contributed by atoms with E-state index in [1.54, 1.807) is 0 Å². The van der Waals surface area contributed by atoms with Crippen LogP contribution in [0.3, 0.4) is 0 Å². The van der Waals surface area contributed by atoms with Crippen LogP contribution in [0.5, 0.6) is 0 Å². The number of aromatic nitrogens is 2. The smallest absolute Gasteiger partial charge is 0.136 e. The molecule has 2 aromatic rings. The second-order valence-electron chi connectivity index (χ2n) is 4.01. The van der Waals surface area contributed by atoms with Crippen LogP contribution in [0.15, 0.2) is 36.7 Å². The maximum atomic E-state index is 7.59. The van der Waals surface area contributed by atoms with Crippen molar-refractivity contribution in [3.8, 4) is 0 Å². The Balaban J connectivity index is 2.46. The summed E-state index contributed by atoms with van der Waals surface area (Å²) >= 11 is 0. The topological polar surface area (TPSA) is 78.9 Å². The zero-order valence-electron chi connectivity index (χ0n) is 10.4. The van der Waals surface area contributed by atoms with Gasteiger partial charge < -0.3 is 10.6 Å². The first-order chi connectivity index (χ1) is 8.59. The lowest BCUT2D eigenvalue weighted by Gasteiger charge is -2.21. The number of rotatable bonds is 3. The number of hydrogen-bond donors (Lipinski definition) is 2. The van der Waals surface area contributed by atoms with Gasteiger partial charge in [0.1, 0.15) is 18.0 Å². The fourth-order valence-electron chi connectivity index (χ4n) is 1.74. The highest BCUT2D eigenvalue weighted by atomic mass is 15.2. The molecular weight excluding hydrogens is 226 g/mol. The van der Waals surface area contributed by atoms with E-state index in [2.05, 4.69) is 9.97 Å². The molecule has 18 heavy (non-hydrogen) atoms. The van der Waals surface area contributed by atoms with E-state index < -0.39 is 0 Å². The standard InChI is InChI=1S/C13H15N5/c1-9-7-12(17-8-16-9)18(2)11-6-4-3-5-10(11)13(14)15/h3-8H,1-2H3,(H3,14,15). The molecule has 0 atom stereocenters. The molecule has 1 heterocycles. The fourth-order valence-corrected chi connectivity index (χ4v) is 1.74. The molecule has 1 aromatic heterocycles. The average molecular weight is 241 g/mol. The highest BCUT2D eigenvalue weighted by Gasteiger charge is 2.11. The number of anilines is 2. The van der Waals surface area contributed by atoms with Gasteiger partial charge in [-0.25, -0.2) is 9.97 Å². The average Bonchev–Trinajstić information content (AvgIpc) is 2.38. The second kappa shape index (κ2) is 4.83. The van der Waals surface area contributed by atoms with E-state index >= 15 is 0 Å². The lowest BCUT2D eigenvalue weighted by atomic mass is 10.1. The van der Waals surface area contributed by atoms with Crippen LogP contribution in [0, 0.1) is 12.3 Å². The molecule has 1 aromatic carbocycles. The van der Waals surface area contributed by atoms with Gasteiger partial charge in [-0.2, -0.15) is 0 Å². The van der Waals surface area contributed by atoms with E-state index in [4.69, 9.17) is 11.1 Å². The molecule has 5 heteroatoms. The molecule has 0 spiro atoms. The third kappa shape index (κ3) is 2.29. The van der Waals surface area contributed by atoms with Crippen molar-refractivity contribution >= 4 is 17.3 Å². The van der Waals surface area contributed by atoms with Crippen molar-refractivity contribution in [1.29, 1.82) is 5.41 Å². The van der Waals surface area contributed by atoms with E-state index in [1.165, 1.54) is 6.33 Å². The highest BCUT2D eigenvalue weighted by molar-refractivity contribution is 6.01. The van der Waals surface area contributed by atoms with Crippen LogP contribution in [-0.2, 0) is 0 Å². The van der Waals surface area contributed by atoms with Gasteiger partial charge in [0.2, 0.25) is 0 Å². The number of nitrogen functional groups attached to an aromatic ring is 1. The maximum absolute atomic E-state index is 7.59. The summed E-state index contributed by atoms with van der Waals surface area (Å²) in [5.41, 5.74) is 8.02. The summed E-state index contributed by atoms with van der Waals surface area (Å²) in [4.78, 5) is 10.2. The van der Waals surface area contributed by atoms with Gasteiger partial charge in [0.25, 0.3) is 0 Å². The summed E-state index contributed by atoms with van der Waals surface area (Å²) in [5, 5.41) is 7.59. The maximum Gasteiger partial charge on any atom is 0.136 e. The van der Waals surface area contributed by atoms with Gasteiger partial charge in [-0.3, -0.25) is 5.41 Å². The van der Waals surface area contributed by atoms with Crippen molar-refractivity contribution in [1.82, 2.24) is 9.97 Å². The molecule has 0 unspecified atom stereocenters. The van der Waals surface area contributed by atoms with Crippen LogP contribution in [-0.4, -0.2) is 22.9 Å². The van der Waals surface area contributed by atoms with Crippen LogP contribution in [0.1, 0.15) is 11.3 Å². The Hall–Kier alpha value is -2.43. The van der Waals surface area contributed by atoms with Crippen LogP contribution in [0.25, 0.3) is 0 Å². The van der Waals surface area contributed by atoms with Crippen LogP contribution < -0.4 is 10.6 Å². The summed E-state index contributed by atoms with van der Waals surface area (Å²) in [7, 11) is 1.89. The van der Waals surface area contributed by atoms with Crippen LogP contribution >= 0.6 is 0 Å². The van der Waals surface area contributed by atoms with Gasteiger partial charge in [0.15, 0.2) is 0 Å². The minimum Gasteiger partial charge on any atom is -0.384 e. The third-order valence-corrected chi connectivity index (χ3v) is 2.69. The zero-order valence-corrected chi connectivity index (χ0v) is 10.4. The predicted molar refractivity (Wildman–Crippen MR) is 72.3 cm³/mol. The number of nitrogens with zero attached hydrogens (tertiary/aromatic N) is 3. The second-order valence-corrected chi connectivity index (χ2v) is 4.01. The molecule has 0 radical (unpaired) electrons. The van der Waals surface area contributed by atoms with Crippen molar-refractivity contribution in [2.24, 2.45) is 5.73 Å². The van der Waals surface area contributed by atoms with Gasteiger partial charge in [0, 0.05) is 24.4 Å². The molecule has 92 valence electrons. The normalized spacial score (nSPS) is 10.1. The summed E-state index contributed by atoms with van der Waals surface area (Å²) in [6.07, 6.45) is 1.53. The van der Waals surface area contributed by atoms with Gasteiger partial charge >= 0.3 is 0 Å². The van der Waals surface area contributed by atoms with Crippen molar-refractivity contribution in [2.45, 2.75) is 6.92 Å². The minimum atomic E-state index is 0.0447. The molecule has 2 rings (SSSR count). The van der Waals surface area contributed by atoms with Crippen molar-refractivity contribution < 1.29 is 0 Å². The Labute approximate surface area is 106 Å². The summed E-state index contributed by atoms with van der Waals surface area (Å²) in [6.45, 7) is 1.91. The SMILES string of the molecule is Cc1cc(N(C)c2ccccc2C(=N)N)ncn1. The number of amidine groups is 1. The first-order valence-corrected chi connectivity index (χ1v) is 5.55. The van der Waals surface area contributed by atoms with E-state index in [1.807, 2.05) is 49.2 Å². The first-order valence-electron chi connectivity index (χ1n) is 5.55. The van der Waals surface area contributed by atoms with Crippen molar-refractivity contribution in [3.63, 3.8) is 0 Å². The summed E-state index contributed by atoms with van der Waals surface area (Å²) < 4.78 is 0. The Bertz CT molecular complexity index is 579. The van der Waals surface area contributed by atoms with Gasteiger partial charge in [-0.05, 0) is 19.1 Å². The number of nitrogens with one attached hydrogen (secondary N) is 1. The summed E-state index contributed by atoms with van der Waals surface area (Å²) in [6, 6.07) is 9.39. The summed E-state index contributed by atoms with van der Waals surface area (Å²) in [5.74, 6) is 0.819.